The highest BCUT2D eigenvalue weighted by Crippen LogP contribution is 2.40. The first-order chi connectivity index (χ1) is 6.65. The van der Waals surface area contributed by atoms with Crippen molar-refractivity contribution in [3.8, 4) is 5.75 Å². The fourth-order valence-corrected chi connectivity index (χ4v) is 2.50. The van der Waals surface area contributed by atoms with Crippen molar-refractivity contribution < 1.29 is 9.47 Å². The summed E-state index contributed by atoms with van der Waals surface area (Å²) in [5, 5.41) is 0. The largest absolute Gasteiger partial charge is 0.496 e. The van der Waals surface area contributed by atoms with Crippen LogP contribution < -0.4 is 4.74 Å². The van der Waals surface area contributed by atoms with Crippen molar-refractivity contribution in [2.45, 2.75) is 4.32 Å². The summed E-state index contributed by atoms with van der Waals surface area (Å²) in [4.78, 5) is 0. The first-order valence-electron chi connectivity index (χ1n) is 4.26. The predicted molar refractivity (Wildman–Crippen MR) is 62.1 cm³/mol. The van der Waals surface area contributed by atoms with Gasteiger partial charge in [0.05, 0.1) is 29.1 Å². The van der Waals surface area contributed by atoms with Gasteiger partial charge in [0.15, 0.2) is 0 Å². The van der Waals surface area contributed by atoms with Crippen molar-refractivity contribution in [3.05, 3.63) is 28.2 Å². The molecular weight excluding hydrogens is 312 g/mol. The van der Waals surface area contributed by atoms with Crippen LogP contribution in [0.1, 0.15) is 5.56 Å². The van der Waals surface area contributed by atoms with E-state index >= 15 is 0 Å². The molecule has 0 unspecified atom stereocenters. The van der Waals surface area contributed by atoms with Crippen molar-refractivity contribution >= 4 is 31.9 Å². The third-order valence-electron chi connectivity index (χ3n) is 2.33. The summed E-state index contributed by atoms with van der Waals surface area (Å²) in [5.74, 6) is 0.852. The van der Waals surface area contributed by atoms with Gasteiger partial charge in [-0.3, -0.25) is 0 Å². The molecule has 0 aliphatic carbocycles. The topological polar surface area (TPSA) is 18.5 Å². The summed E-state index contributed by atoms with van der Waals surface area (Å²) in [5.41, 5.74) is 1.22. The van der Waals surface area contributed by atoms with Gasteiger partial charge < -0.3 is 9.47 Å². The van der Waals surface area contributed by atoms with Gasteiger partial charge in [0, 0.05) is 0 Å². The van der Waals surface area contributed by atoms with Gasteiger partial charge in [0.1, 0.15) is 5.75 Å². The summed E-state index contributed by atoms with van der Waals surface area (Å²) in [6.45, 7) is 1.46. The Morgan fingerprint density at radius 3 is 2.57 bits per heavy atom. The molecule has 1 heterocycles. The Kier molecular flexibility index (Phi) is 2.86. The monoisotopic (exact) mass is 320 g/mol. The third-order valence-corrected chi connectivity index (χ3v) is 3.87. The number of alkyl halides is 1. The third kappa shape index (κ3) is 1.71. The van der Waals surface area contributed by atoms with Crippen LogP contribution in [-0.4, -0.2) is 20.3 Å². The quantitative estimate of drug-likeness (QED) is 0.779. The van der Waals surface area contributed by atoms with Crippen LogP contribution in [0.25, 0.3) is 0 Å². The average Bonchev–Trinajstić information content (AvgIpc) is 2.14. The Morgan fingerprint density at radius 2 is 2.14 bits per heavy atom. The molecule has 2 rings (SSSR count). The molecule has 1 aliphatic rings. The van der Waals surface area contributed by atoms with Gasteiger partial charge in [0.25, 0.3) is 0 Å². The molecule has 0 amide bonds. The van der Waals surface area contributed by atoms with Crippen molar-refractivity contribution in [1.82, 2.24) is 0 Å². The SMILES string of the molecule is COc1ccc(C2(Br)COC2)cc1Br. The minimum atomic E-state index is 0.00178. The summed E-state index contributed by atoms with van der Waals surface area (Å²) in [6.07, 6.45) is 0. The molecule has 0 spiro atoms. The minimum Gasteiger partial charge on any atom is -0.496 e. The van der Waals surface area contributed by atoms with Crippen LogP contribution in [0.3, 0.4) is 0 Å². The summed E-state index contributed by atoms with van der Waals surface area (Å²) in [7, 11) is 1.66. The molecule has 1 aromatic carbocycles. The maximum absolute atomic E-state index is 5.20. The number of rotatable bonds is 2. The van der Waals surface area contributed by atoms with E-state index in [9.17, 15) is 0 Å². The Morgan fingerprint density at radius 1 is 1.43 bits per heavy atom. The Bertz CT molecular complexity index is 348. The lowest BCUT2D eigenvalue weighted by Gasteiger charge is -2.36. The summed E-state index contributed by atoms with van der Waals surface area (Å²) < 4.78 is 11.3. The minimum absolute atomic E-state index is 0.00178. The predicted octanol–water partition coefficient (Wildman–Crippen LogP) is 3.08. The molecule has 0 saturated carbocycles. The van der Waals surface area contributed by atoms with Crippen LogP contribution in [0.15, 0.2) is 22.7 Å². The van der Waals surface area contributed by atoms with Gasteiger partial charge in [-0.25, -0.2) is 0 Å². The molecule has 1 aromatic rings. The molecule has 14 heavy (non-hydrogen) atoms. The second-order valence-corrected chi connectivity index (χ2v) is 5.68. The summed E-state index contributed by atoms with van der Waals surface area (Å²) in [6, 6.07) is 6.08. The number of benzene rings is 1. The Balaban J connectivity index is 2.32. The smallest absolute Gasteiger partial charge is 0.133 e. The van der Waals surface area contributed by atoms with Gasteiger partial charge in [-0.15, -0.1) is 0 Å². The molecule has 1 fully saturated rings. The number of hydrogen-bond acceptors (Lipinski definition) is 2. The average molecular weight is 322 g/mol. The second-order valence-electron chi connectivity index (χ2n) is 3.31. The van der Waals surface area contributed by atoms with E-state index in [1.54, 1.807) is 7.11 Å². The highest BCUT2D eigenvalue weighted by molar-refractivity contribution is 9.10. The van der Waals surface area contributed by atoms with E-state index in [2.05, 4.69) is 44.0 Å². The Hall–Kier alpha value is -0.0600. The molecule has 1 saturated heterocycles. The molecule has 0 atom stereocenters. The number of methoxy groups -OCH3 is 1. The van der Waals surface area contributed by atoms with E-state index in [4.69, 9.17) is 9.47 Å². The fraction of sp³-hybridized carbons (Fsp3) is 0.400. The van der Waals surface area contributed by atoms with E-state index in [1.165, 1.54) is 5.56 Å². The Labute approximate surface area is 99.8 Å². The first kappa shape index (κ1) is 10.5. The standard InChI is InChI=1S/C10H10Br2O2/c1-13-9-3-2-7(4-8(9)11)10(12)5-14-6-10/h2-4H,5-6H2,1H3. The van der Waals surface area contributed by atoms with Crippen LogP contribution in [0.5, 0.6) is 5.75 Å². The first-order valence-corrected chi connectivity index (χ1v) is 5.85. The van der Waals surface area contributed by atoms with Crippen LogP contribution in [0.4, 0.5) is 0 Å². The number of halogens is 2. The van der Waals surface area contributed by atoms with E-state index in [0.717, 1.165) is 23.4 Å². The zero-order valence-corrected chi connectivity index (χ0v) is 10.9. The van der Waals surface area contributed by atoms with Gasteiger partial charge >= 0.3 is 0 Å². The fourth-order valence-electron chi connectivity index (χ4n) is 1.39. The van der Waals surface area contributed by atoms with Crippen molar-refractivity contribution in [1.29, 1.82) is 0 Å². The van der Waals surface area contributed by atoms with Crippen LogP contribution in [0.2, 0.25) is 0 Å². The van der Waals surface area contributed by atoms with E-state index in [1.807, 2.05) is 6.07 Å². The molecule has 0 radical (unpaired) electrons. The summed E-state index contributed by atoms with van der Waals surface area (Å²) >= 11 is 7.14. The van der Waals surface area contributed by atoms with Gasteiger partial charge in [-0.1, -0.05) is 22.0 Å². The normalized spacial score (nSPS) is 18.8. The van der Waals surface area contributed by atoms with Crippen LogP contribution in [0, 0.1) is 0 Å². The van der Waals surface area contributed by atoms with Crippen LogP contribution >= 0.6 is 31.9 Å². The molecule has 2 nitrogen and oxygen atoms in total. The van der Waals surface area contributed by atoms with E-state index < -0.39 is 0 Å². The van der Waals surface area contributed by atoms with Crippen molar-refractivity contribution in [2.24, 2.45) is 0 Å². The zero-order valence-electron chi connectivity index (χ0n) is 7.72. The second kappa shape index (κ2) is 3.83. The molecule has 0 N–H and O–H groups in total. The van der Waals surface area contributed by atoms with Gasteiger partial charge in [0.2, 0.25) is 0 Å². The number of ether oxygens (including phenoxy) is 2. The van der Waals surface area contributed by atoms with Gasteiger partial charge in [-0.2, -0.15) is 0 Å². The maximum atomic E-state index is 5.20. The van der Waals surface area contributed by atoms with E-state index in [-0.39, 0.29) is 4.32 Å². The zero-order chi connectivity index (χ0) is 10.2. The molecule has 0 aromatic heterocycles. The maximum Gasteiger partial charge on any atom is 0.133 e. The van der Waals surface area contributed by atoms with E-state index in [0.29, 0.717) is 0 Å². The van der Waals surface area contributed by atoms with Crippen LogP contribution in [-0.2, 0) is 9.06 Å². The lowest BCUT2D eigenvalue weighted by molar-refractivity contribution is -0.00702. The molecular formula is C10H10Br2O2. The highest BCUT2D eigenvalue weighted by atomic mass is 79.9. The molecule has 0 bridgehead atoms. The molecule has 4 heteroatoms. The lowest BCUT2D eigenvalue weighted by atomic mass is 9.97. The molecule has 1 aliphatic heterocycles. The lowest BCUT2D eigenvalue weighted by Crippen LogP contribution is -2.40. The van der Waals surface area contributed by atoms with Crippen molar-refractivity contribution in [3.63, 3.8) is 0 Å². The highest BCUT2D eigenvalue weighted by Gasteiger charge is 2.37. The van der Waals surface area contributed by atoms with Gasteiger partial charge in [-0.05, 0) is 33.6 Å². The van der Waals surface area contributed by atoms with Crippen molar-refractivity contribution in [2.75, 3.05) is 20.3 Å². The number of hydrogen-bond donors (Lipinski definition) is 0. The molecule has 76 valence electrons.